The molecule has 9 heteroatoms. The monoisotopic (exact) mass is 478 g/mol. The first-order valence-corrected chi connectivity index (χ1v) is 13.2. The Kier molecular flexibility index (Phi) is 6.90. The van der Waals surface area contributed by atoms with Gasteiger partial charge in [0.15, 0.2) is 0 Å². The molecule has 0 amide bonds. The van der Waals surface area contributed by atoms with Crippen molar-refractivity contribution >= 4 is 27.3 Å². The minimum absolute atomic E-state index is 0.154. The van der Waals surface area contributed by atoms with Crippen molar-refractivity contribution in [2.24, 2.45) is 0 Å². The first-order chi connectivity index (χ1) is 15.3. The highest BCUT2D eigenvalue weighted by molar-refractivity contribution is 7.91. The van der Waals surface area contributed by atoms with E-state index in [0.717, 1.165) is 42.0 Å². The molecule has 174 valence electrons. The van der Waals surface area contributed by atoms with Crippen LogP contribution in [0.3, 0.4) is 0 Å². The van der Waals surface area contributed by atoms with E-state index >= 15 is 0 Å². The molecule has 7 nitrogen and oxygen atoms in total. The average molecular weight is 479 g/mol. The first-order valence-electron chi connectivity index (χ1n) is 10.9. The molecule has 0 spiro atoms. The molecule has 32 heavy (non-hydrogen) atoms. The number of ether oxygens (including phenoxy) is 2. The van der Waals surface area contributed by atoms with Crippen LogP contribution in [-0.2, 0) is 34.1 Å². The number of esters is 1. The van der Waals surface area contributed by atoms with Crippen LogP contribution in [0, 0.1) is 0 Å². The largest absolute Gasteiger partial charge is 0.497 e. The fourth-order valence-electron chi connectivity index (χ4n) is 4.54. The summed E-state index contributed by atoms with van der Waals surface area (Å²) in [6, 6.07) is 8.36. The molecule has 1 aromatic carbocycles. The van der Waals surface area contributed by atoms with E-state index in [1.165, 1.54) is 28.3 Å². The standard InChI is InChI=1S/C23H30N2O5S2/c1-16(14-17-6-8-18(29-2)9-7-17)24-13-10-19-20(15-24)31-23(21(19)22(26)30-3)32(27,28)25-11-4-5-12-25/h6-9,16H,4-5,10-15H2,1-3H3. The molecule has 4 rings (SSSR count). The van der Waals surface area contributed by atoms with Crippen LogP contribution in [0.15, 0.2) is 28.5 Å². The predicted molar refractivity (Wildman–Crippen MR) is 124 cm³/mol. The molecular weight excluding hydrogens is 448 g/mol. The van der Waals surface area contributed by atoms with Crippen molar-refractivity contribution in [2.75, 3.05) is 33.9 Å². The van der Waals surface area contributed by atoms with Gasteiger partial charge in [-0.15, -0.1) is 11.3 Å². The lowest BCUT2D eigenvalue weighted by Gasteiger charge is -2.32. The quantitative estimate of drug-likeness (QED) is 0.569. The molecule has 2 aliphatic heterocycles. The summed E-state index contributed by atoms with van der Waals surface area (Å²) in [4.78, 5) is 15.9. The summed E-state index contributed by atoms with van der Waals surface area (Å²) in [7, 11) is -0.723. The van der Waals surface area contributed by atoms with Gasteiger partial charge < -0.3 is 9.47 Å². The Morgan fingerprint density at radius 3 is 2.44 bits per heavy atom. The molecule has 1 aromatic heterocycles. The maximum absolute atomic E-state index is 13.3. The van der Waals surface area contributed by atoms with E-state index in [0.29, 0.717) is 26.1 Å². The minimum Gasteiger partial charge on any atom is -0.497 e. The van der Waals surface area contributed by atoms with Gasteiger partial charge >= 0.3 is 5.97 Å². The average Bonchev–Trinajstić information content (AvgIpc) is 3.47. The van der Waals surface area contributed by atoms with Crippen molar-refractivity contribution in [1.29, 1.82) is 0 Å². The highest BCUT2D eigenvalue weighted by Crippen LogP contribution is 2.39. The van der Waals surface area contributed by atoms with Crippen LogP contribution >= 0.6 is 11.3 Å². The summed E-state index contributed by atoms with van der Waals surface area (Å²) < 4.78 is 38.5. The maximum atomic E-state index is 13.3. The number of carbonyl (C=O) groups excluding carboxylic acids is 1. The molecule has 1 fully saturated rings. The second-order valence-corrected chi connectivity index (χ2v) is 11.6. The van der Waals surface area contributed by atoms with Gasteiger partial charge in [0.25, 0.3) is 10.0 Å². The lowest BCUT2D eigenvalue weighted by atomic mass is 10.00. The number of nitrogens with zero attached hydrogens (tertiary/aromatic N) is 2. The fraction of sp³-hybridized carbons (Fsp3) is 0.522. The number of thiophene rings is 1. The van der Waals surface area contributed by atoms with Crippen molar-refractivity contribution in [3.63, 3.8) is 0 Å². The van der Waals surface area contributed by atoms with Gasteiger partial charge in [-0.2, -0.15) is 4.31 Å². The Labute approximate surface area is 194 Å². The first kappa shape index (κ1) is 23.2. The number of hydrogen-bond acceptors (Lipinski definition) is 7. The summed E-state index contributed by atoms with van der Waals surface area (Å²) in [5.74, 6) is 0.282. The van der Waals surface area contributed by atoms with E-state index in [4.69, 9.17) is 9.47 Å². The molecule has 0 saturated carbocycles. The molecule has 0 N–H and O–H groups in total. The van der Waals surface area contributed by atoms with Gasteiger partial charge in [0, 0.05) is 37.1 Å². The summed E-state index contributed by atoms with van der Waals surface area (Å²) >= 11 is 1.24. The summed E-state index contributed by atoms with van der Waals surface area (Å²) in [6.45, 7) is 4.62. The van der Waals surface area contributed by atoms with Crippen molar-refractivity contribution in [3.8, 4) is 5.75 Å². The zero-order valence-corrected chi connectivity index (χ0v) is 20.4. The number of hydrogen-bond donors (Lipinski definition) is 0. The minimum atomic E-state index is -3.69. The summed E-state index contributed by atoms with van der Waals surface area (Å²) in [5.41, 5.74) is 2.32. The number of carbonyl (C=O) groups is 1. The van der Waals surface area contributed by atoms with Gasteiger partial charge in [0.05, 0.1) is 19.8 Å². The topological polar surface area (TPSA) is 76.2 Å². The lowest BCUT2D eigenvalue weighted by molar-refractivity contribution is 0.0595. The SMILES string of the molecule is COC(=O)c1c(S(=O)(=O)N2CCCC2)sc2c1CCN(C(C)Cc1ccc(OC)cc1)C2. The van der Waals surface area contributed by atoms with E-state index in [-0.39, 0.29) is 15.8 Å². The van der Waals surface area contributed by atoms with Crippen LogP contribution < -0.4 is 4.74 Å². The number of fused-ring (bicyclic) bond motifs is 1. The third kappa shape index (κ3) is 4.44. The van der Waals surface area contributed by atoms with Crippen LogP contribution in [0.1, 0.15) is 46.1 Å². The molecule has 0 bridgehead atoms. The molecule has 1 unspecified atom stereocenters. The molecule has 0 aliphatic carbocycles. The molecule has 0 radical (unpaired) electrons. The van der Waals surface area contributed by atoms with Gasteiger partial charge in [0.1, 0.15) is 9.96 Å². The normalized spacial score (nSPS) is 18.3. The van der Waals surface area contributed by atoms with E-state index in [1.54, 1.807) is 7.11 Å². The summed E-state index contributed by atoms with van der Waals surface area (Å²) in [5, 5.41) is 0. The fourth-order valence-corrected chi connectivity index (χ4v) is 8.11. The lowest BCUT2D eigenvalue weighted by Crippen LogP contribution is -2.38. The highest BCUT2D eigenvalue weighted by atomic mass is 32.2. The Morgan fingerprint density at radius 1 is 1.12 bits per heavy atom. The second kappa shape index (κ2) is 9.51. The number of benzene rings is 1. The molecule has 1 atom stereocenters. The number of rotatable bonds is 7. The highest BCUT2D eigenvalue weighted by Gasteiger charge is 2.38. The van der Waals surface area contributed by atoms with Crippen molar-refractivity contribution in [1.82, 2.24) is 9.21 Å². The van der Waals surface area contributed by atoms with Crippen molar-refractivity contribution in [2.45, 2.75) is 49.4 Å². The third-order valence-corrected chi connectivity index (χ3v) is 10.0. The van der Waals surface area contributed by atoms with Gasteiger partial charge in [-0.25, -0.2) is 13.2 Å². The van der Waals surface area contributed by atoms with Crippen LogP contribution in [0.5, 0.6) is 5.75 Å². The van der Waals surface area contributed by atoms with Crippen LogP contribution in [0.25, 0.3) is 0 Å². The third-order valence-electron chi connectivity index (χ3n) is 6.40. The van der Waals surface area contributed by atoms with Gasteiger partial charge in [0.2, 0.25) is 0 Å². The summed E-state index contributed by atoms with van der Waals surface area (Å²) in [6.07, 6.45) is 3.23. The van der Waals surface area contributed by atoms with Crippen molar-refractivity contribution < 1.29 is 22.7 Å². The Balaban J connectivity index is 1.58. The smallest absolute Gasteiger partial charge is 0.340 e. The number of sulfonamides is 1. The predicted octanol–water partition coefficient (Wildman–Crippen LogP) is 3.32. The molecular formula is C23H30N2O5S2. The van der Waals surface area contributed by atoms with Gasteiger partial charge in [-0.3, -0.25) is 4.90 Å². The van der Waals surface area contributed by atoms with E-state index in [2.05, 4.69) is 24.0 Å². The maximum Gasteiger partial charge on any atom is 0.340 e. The van der Waals surface area contributed by atoms with Gasteiger partial charge in [-0.05, 0) is 55.9 Å². The van der Waals surface area contributed by atoms with Crippen LogP contribution in [-0.4, -0.2) is 63.5 Å². The Morgan fingerprint density at radius 2 is 1.81 bits per heavy atom. The van der Waals surface area contributed by atoms with E-state index in [9.17, 15) is 13.2 Å². The molecule has 3 heterocycles. The van der Waals surface area contributed by atoms with E-state index < -0.39 is 16.0 Å². The molecule has 1 saturated heterocycles. The van der Waals surface area contributed by atoms with Crippen LogP contribution in [0.4, 0.5) is 0 Å². The van der Waals surface area contributed by atoms with E-state index in [1.807, 2.05) is 12.1 Å². The van der Waals surface area contributed by atoms with Crippen LogP contribution in [0.2, 0.25) is 0 Å². The van der Waals surface area contributed by atoms with Gasteiger partial charge in [-0.1, -0.05) is 12.1 Å². The van der Waals surface area contributed by atoms with Crippen molar-refractivity contribution in [3.05, 3.63) is 45.8 Å². The Hall–Kier alpha value is -1.94. The Bertz CT molecular complexity index is 1070. The molecule has 2 aliphatic rings. The zero-order chi connectivity index (χ0) is 22.9. The zero-order valence-electron chi connectivity index (χ0n) is 18.8. The second-order valence-electron chi connectivity index (χ2n) is 8.39. The number of methoxy groups -OCH3 is 2. The molecule has 2 aromatic rings.